The quantitative estimate of drug-likeness (QED) is 0.625. The SMILES string of the molecule is CC(CC=O)c1c(O)c(F)cc(F)c1F. The molecule has 1 aromatic carbocycles. The predicted molar refractivity (Wildman–Crippen MR) is 47.1 cm³/mol. The molecular weight excluding hydrogens is 209 g/mol. The standard InChI is InChI=1S/C10H9F3O2/c1-5(2-3-14)8-9(13)6(11)4-7(12)10(8)15/h3-5,15H,2H2,1H3. The molecule has 15 heavy (non-hydrogen) atoms. The molecule has 0 spiro atoms. The molecule has 5 heteroatoms. The fourth-order valence-corrected chi connectivity index (χ4v) is 1.32. The molecule has 0 aliphatic rings. The van der Waals surface area contributed by atoms with E-state index in [9.17, 15) is 23.1 Å². The highest BCUT2D eigenvalue weighted by atomic mass is 19.2. The van der Waals surface area contributed by atoms with Crippen molar-refractivity contribution < 1.29 is 23.1 Å². The van der Waals surface area contributed by atoms with Gasteiger partial charge >= 0.3 is 0 Å². The highest BCUT2D eigenvalue weighted by molar-refractivity contribution is 5.53. The first-order valence-corrected chi connectivity index (χ1v) is 4.29. The number of hydrogen-bond acceptors (Lipinski definition) is 2. The largest absolute Gasteiger partial charge is 0.505 e. The molecule has 0 aromatic heterocycles. The molecule has 0 saturated heterocycles. The summed E-state index contributed by atoms with van der Waals surface area (Å²) in [4.78, 5) is 10.2. The highest BCUT2D eigenvalue weighted by Gasteiger charge is 2.22. The van der Waals surface area contributed by atoms with Crippen LogP contribution in [0.4, 0.5) is 13.2 Å². The topological polar surface area (TPSA) is 37.3 Å². The van der Waals surface area contributed by atoms with Crippen LogP contribution in [0.15, 0.2) is 6.07 Å². The molecule has 1 atom stereocenters. The first-order chi connectivity index (χ1) is 6.99. The second-order valence-electron chi connectivity index (χ2n) is 3.22. The molecule has 0 saturated carbocycles. The third kappa shape index (κ3) is 2.11. The van der Waals surface area contributed by atoms with E-state index in [2.05, 4.69) is 0 Å². The van der Waals surface area contributed by atoms with Gasteiger partial charge in [-0.3, -0.25) is 0 Å². The molecule has 0 aliphatic heterocycles. The van der Waals surface area contributed by atoms with Crippen LogP contribution in [0.2, 0.25) is 0 Å². The summed E-state index contributed by atoms with van der Waals surface area (Å²) in [6.45, 7) is 1.39. The summed E-state index contributed by atoms with van der Waals surface area (Å²) >= 11 is 0. The number of carbonyl (C=O) groups is 1. The van der Waals surface area contributed by atoms with Gasteiger partial charge in [0.2, 0.25) is 0 Å². The van der Waals surface area contributed by atoms with Crippen LogP contribution in [-0.2, 0) is 4.79 Å². The van der Waals surface area contributed by atoms with Gasteiger partial charge in [-0.2, -0.15) is 0 Å². The smallest absolute Gasteiger partial charge is 0.168 e. The number of phenolic OH excluding ortho intramolecular Hbond substituents is 1. The minimum Gasteiger partial charge on any atom is -0.505 e. The average Bonchev–Trinajstić information content (AvgIpc) is 2.16. The maximum atomic E-state index is 13.2. The van der Waals surface area contributed by atoms with E-state index in [1.165, 1.54) is 6.92 Å². The lowest BCUT2D eigenvalue weighted by Crippen LogP contribution is -2.03. The summed E-state index contributed by atoms with van der Waals surface area (Å²) in [7, 11) is 0. The lowest BCUT2D eigenvalue weighted by atomic mass is 9.96. The maximum Gasteiger partial charge on any atom is 0.168 e. The summed E-state index contributed by atoms with van der Waals surface area (Å²) in [5.41, 5.74) is -0.500. The Balaban J connectivity index is 3.31. The summed E-state index contributed by atoms with van der Waals surface area (Å²) in [5, 5.41) is 9.20. The second-order valence-corrected chi connectivity index (χ2v) is 3.22. The number of aldehydes is 1. The van der Waals surface area contributed by atoms with Crippen molar-refractivity contribution in [3.8, 4) is 5.75 Å². The Kier molecular flexibility index (Phi) is 3.34. The van der Waals surface area contributed by atoms with E-state index in [0.717, 1.165) is 0 Å². The van der Waals surface area contributed by atoms with Crippen LogP contribution in [-0.4, -0.2) is 11.4 Å². The monoisotopic (exact) mass is 218 g/mol. The van der Waals surface area contributed by atoms with Crippen molar-refractivity contribution in [1.82, 2.24) is 0 Å². The Hall–Kier alpha value is -1.52. The Morgan fingerprint density at radius 3 is 2.53 bits per heavy atom. The number of hydrogen-bond donors (Lipinski definition) is 1. The van der Waals surface area contributed by atoms with Crippen LogP contribution in [0, 0.1) is 17.5 Å². The lowest BCUT2D eigenvalue weighted by molar-refractivity contribution is -0.108. The van der Waals surface area contributed by atoms with Crippen LogP contribution >= 0.6 is 0 Å². The Morgan fingerprint density at radius 2 is 2.00 bits per heavy atom. The van der Waals surface area contributed by atoms with Crippen LogP contribution < -0.4 is 0 Å². The number of benzene rings is 1. The molecule has 1 rings (SSSR count). The fourth-order valence-electron chi connectivity index (χ4n) is 1.32. The third-order valence-corrected chi connectivity index (χ3v) is 2.12. The van der Waals surface area contributed by atoms with Gasteiger partial charge in [0.25, 0.3) is 0 Å². The summed E-state index contributed by atoms with van der Waals surface area (Å²) < 4.78 is 38.9. The van der Waals surface area contributed by atoms with Crippen molar-refractivity contribution in [2.24, 2.45) is 0 Å². The number of rotatable bonds is 3. The molecule has 1 N–H and O–H groups in total. The number of aromatic hydroxyl groups is 1. The summed E-state index contributed by atoms with van der Waals surface area (Å²) in [6, 6.07) is 0.266. The molecule has 0 radical (unpaired) electrons. The molecule has 2 nitrogen and oxygen atoms in total. The molecule has 1 unspecified atom stereocenters. The maximum absolute atomic E-state index is 13.2. The van der Waals surface area contributed by atoms with Crippen molar-refractivity contribution in [1.29, 1.82) is 0 Å². The number of halogens is 3. The van der Waals surface area contributed by atoms with Gasteiger partial charge in [0.05, 0.1) is 0 Å². The van der Waals surface area contributed by atoms with Crippen molar-refractivity contribution in [2.45, 2.75) is 19.3 Å². The van der Waals surface area contributed by atoms with Gasteiger partial charge in [0.1, 0.15) is 6.29 Å². The molecule has 0 bridgehead atoms. The fraction of sp³-hybridized carbons (Fsp3) is 0.300. The van der Waals surface area contributed by atoms with Crippen LogP contribution in [0.1, 0.15) is 24.8 Å². The Bertz CT molecular complexity index is 364. The third-order valence-electron chi connectivity index (χ3n) is 2.12. The zero-order valence-electron chi connectivity index (χ0n) is 7.93. The molecule has 0 heterocycles. The first-order valence-electron chi connectivity index (χ1n) is 4.29. The Morgan fingerprint density at radius 1 is 1.40 bits per heavy atom. The molecule has 0 fully saturated rings. The molecule has 0 aliphatic carbocycles. The number of phenols is 1. The van der Waals surface area contributed by atoms with E-state index >= 15 is 0 Å². The van der Waals surface area contributed by atoms with E-state index in [0.29, 0.717) is 6.29 Å². The lowest BCUT2D eigenvalue weighted by Gasteiger charge is -2.12. The second kappa shape index (κ2) is 4.33. The van der Waals surface area contributed by atoms with E-state index in [1.807, 2.05) is 0 Å². The van der Waals surface area contributed by atoms with E-state index in [-0.39, 0.29) is 12.5 Å². The van der Waals surface area contributed by atoms with Crippen molar-refractivity contribution in [3.05, 3.63) is 29.1 Å². The Labute approximate surface area is 84.3 Å². The summed E-state index contributed by atoms with van der Waals surface area (Å²) in [5.74, 6) is -5.64. The molecule has 82 valence electrons. The number of carbonyl (C=O) groups excluding carboxylic acids is 1. The first kappa shape index (κ1) is 11.6. The van der Waals surface area contributed by atoms with Gasteiger partial charge in [0.15, 0.2) is 23.2 Å². The normalized spacial score (nSPS) is 12.5. The van der Waals surface area contributed by atoms with Gasteiger partial charge in [0, 0.05) is 18.1 Å². The molecular formula is C10H9F3O2. The van der Waals surface area contributed by atoms with Gasteiger partial charge in [-0.1, -0.05) is 6.92 Å². The van der Waals surface area contributed by atoms with Crippen molar-refractivity contribution in [2.75, 3.05) is 0 Å². The highest BCUT2D eigenvalue weighted by Crippen LogP contribution is 2.33. The average molecular weight is 218 g/mol. The van der Waals surface area contributed by atoms with Gasteiger partial charge in [-0.05, 0) is 5.92 Å². The van der Waals surface area contributed by atoms with Gasteiger partial charge < -0.3 is 9.90 Å². The van der Waals surface area contributed by atoms with Crippen LogP contribution in [0.25, 0.3) is 0 Å². The van der Waals surface area contributed by atoms with Gasteiger partial charge in [-0.25, -0.2) is 13.2 Å². The van der Waals surface area contributed by atoms with Crippen LogP contribution in [0.3, 0.4) is 0 Å². The van der Waals surface area contributed by atoms with Crippen LogP contribution in [0.5, 0.6) is 5.75 Å². The van der Waals surface area contributed by atoms with Gasteiger partial charge in [-0.15, -0.1) is 0 Å². The van der Waals surface area contributed by atoms with E-state index in [4.69, 9.17) is 0 Å². The minimum absolute atomic E-state index is 0.118. The zero-order chi connectivity index (χ0) is 11.6. The molecule has 1 aromatic rings. The molecule has 0 amide bonds. The van der Waals surface area contributed by atoms with Crippen molar-refractivity contribution in [3.63, 3.8) is 0 Å². The zero-order valence-corrected chi connectivity index (χ0v) is 7.93. The summed E-state index contributed by atoms with van der Waals surface area (Å²) in [6.07, 6.45) is 0.375. The van der Waals surface area contributed by atoms with E-state index in [1.54, 1.807) is 0 Å². The van der Waals surface area contributed by atoms with Crippen molar-refractivity contribution >= 4 is 6.29 Å². The minimum atomic E-state index is -1.38. The van der Waals surface area contributed by atoms with E-state index < -0.39 is 34.7 Å². The predicted octanol–water partition coefficient (Wildman–Crippen LogP) is 2.50.